The van der Waals surface area contributed by atoms with Crippen molar-refractivity contribution >= 4 is 5.57 Å². The first-order chi connectivity index (χ1) is 11.2. The number of rotatable bonds is 5. The molecule has 0 bridgehead atoms. The number of hydrogen-bond acceptors (Lipinski definition) is 2. The fourth-order valence-electron chi connectivity index (χ4n) is 2.77. The quantitative estimate of drug-likeness (QED) is 0.760. The van der Waals surface area contributed by atoms with Gasteiger partial charge in [0.15, 0.2) is 0 Å². The first-order valence-electron chi connectivity index (χ1n) is 8.14. The lowest BCUT2D eigenvalue weighted by molar-refractivity contribution is 0.377. The SMILES string of the molecule is CC(=CCN1CCCC1)c1ccc(Oc2ccc(F)cc2)cc1. The van der Waals surface area contributed by atoms with E-state index in [1.807, 2.05) is 12.1 Å². The highest BCUT2D eigenvalue weighted by Gasteiger charge is 2.09. The maximum atomic E-state index is 12.9. The van der Waals surface area contributed by atoms with Crippen molar-refractivity contribution < 1.29 is 9.13 Å². The van der Waals surface area contributed by atoms with E-state index in [2.05, 4.69) is 30.0 Å². The van der Waals surface area contributed by atoms with Gasteiger partial charge in [-0.2, -0.15) is 0 Å². The van der Waals surface area contributed by atoms with E-state index in [1.165, 1.54) is 49.2 Å². The minimum absolute atomic E-state index is 0.258. The summed E-state index contributed by atoms with van der Waals surface area (Å²) in [5.74, 6) is 1.14. The summed E-state index contributed by atoms with van der Waals surface area (Å²) in [6.45, 7) is 5.61. The van der Waals surface area contributed by atoms with Gasteiger partial charge in [0.05, 0.1) is 0 Å². The highest BCUT2D eigenvalue weighted by molar-refractivity contribution is 5.64. The van der Waals surface area contributed by atoms with E-state index in [1.54, 1.807) is 12.1 Å². The minimum Gasteiger partial charge on any atom is -0.457 e. The molecule has 0 spiro atoms. The lowest BCUT2D eigenvalue weighted by Crippen LogP contribution is -2.18. The Bertz CT molecular complexity index is 655. The Morgan fingerprint density at radius 2 is 1.57 bits per heavy atom. The van der Waals surface area contributed by atoms with Gasteiger partial charge in [0.1, 0.15) is 17.3 Å². The van der Waals surface area contributed by atoms with E-state index in [0.717, 1.165) is 12.3 Å². The van der Waals surface area contributed by atoms with Crippen LogP contribution in [0.25, 0.3) is 5.57 Å². The third-order valence-electron chi connectivity index (χ3n) is 4.21. The highest BCUT2D eigenvalue weighted by Crippen LogP contribution is 2.24. The van der Waals surface area contributed by atoms with E-state index in [0.29, 0.717) is 5.75 Å². The van der Waals surface area contributed by atoms with Gasteiger partial charge in [-0.3, -0.25) is 4.90 Å². The van der Waals surface area contributed by atoms with Gasteiger partial charge in [-0.25, -0.2) is 4.39 Å². The predicted molar refractivity (Wildman–Crippen MR) is 92.2 cm³/mol. The van der Waals surface area contributed by atoms with Crippen LogP contribution in [0.3, 0.4) is 0 Å². The summed E-state index contributed by atoms with van der Waals surface area (Å²) in [6.07, 6.45) is 4.94. The number of halogens is 1. The van der Waals surface area contributed by atoms with E-state index in [9.17, 15) is 4.39 Å². The maximum Gasteiger partial charge on any atom is 0.127 e. The lowest BCUT2D eigenvalue weighted by atomic mass is 10.1. The summed E-state index contributed by atoms with van der Waals surface area (Å²) in [6, 6.07) is 14.1. The van der Waals surface area contributed by atoms with E-state index in [-0.39, 0.29) is 5.82 Å². The average molecular weight is 311 g/mol. The van der Waals surface area contributed by atoms with Gasteiger partial charge in [-0.05, 0) is 80.4 Å². The van der Waals surface area contributed by atoms with Crippen LogP contribution in [0.4, 0.5) is 4.39 Å². The van der Waals surface area contributed by atoms with Crippen molar-refractivity contribution in [1.29, 1.82) is 0 Å². The molecule has 3 rings (SSSR count). The Labute approximate surface area is 137 Å². The molecule has 1 aliphatic rings. The van der Waals surface area contributed by atoms with Gasteiger partial charge in [0.2, 0.25) is 0 Å². The van der Waals surface area contributed by atoms with Crippen LogP contribution in [0.2, 0.25) is 0 Å². The molecule has 120 valence electrons. The molecule has 1 fully saturated rings. The van der Waals surface area contributed by atoms with E-state index < -0.39 is 0 Å². The molecule has 0 aromatic heterocycles. The number of ether oxygens (including phenoxy) is 1. The third-order valence-corrected chi connectivity index (χ3v) is 4.21. The van der Waals surface area contributed by atoms with Crippen LogP contribution in [0.15, 0.2) is 54.6 Å². The molecule has 0 N–H and O–H groups in total. The van der Waals surface area contributed by atoms with Crippen LogP contribution in [0, 0.1) is 5.82 Å². The molecule has 3 heteroatoms. The number of benzene rings is 2. The molecular weight excluding hydrogens is 289 g/mol. The van der Waals surface area contributed by atoms with Crippen molar-refractivity contribution in [2.45, 2.75) is 19.8 Å². The van der Waals surface area contributed by atoms with Crippen LogP contribution >= 0.6 is 0 Å². The Balaban J connectivity index is 1.61. The minimum atomic E-state index is -0.258. The molecule has 1 saturated heterocycles. The molecule has 2 aromatic rings. The normalized spacial score (nSPS) is 15.8. The van der Waals surface area contributed by atoms with Crippen molar-refractivity contribution in [1.82, 2.24) is 4.90 Å². The van der Waals surface area contributed by atoms with Crippen LogP contribution in [0.5, 0.6) is 11.5 Å². The summed E-state index contributed by atoms with van der Waals surface area (Å²) >= 11 is 0. The first kappa shape index (κ1) is 15.8. The molecule has 0 aliphatic carbocycles. The summed E-state index contributed by atoms with van der Waals surface area (Å²) in [5, 5.41) is 0. The van der Waals surface area contributed by atoms with E-state index >= 15 is 0 Å². The Morgan fingerprint density at radius 3 is 2.17 bits per heavy atom. The molecule has 0 amide bonds. The molecular formula is C20H22FNO. The molecule has 0 radical (unpaired) electrons. The van der Waals surface area contributed by atoms with Gasteiger partial charge in [0, 0.05) is 6.54 Å². The van der Waals surface area contributed by atoms with Crippen molar-refractivity contribution in [2.24, 2.45) is 0 Å². The second kappa shape index (κ2) is 7.42. The van der Waals surface area contributed by atoms with Gasteiger partial charge in [0.25, 0.3) is 0 Å². The van der Waals surface area contributed by atoms with Crippen molar-refractivity contribution in [3.63, 3.8) is 0 Å². The van der Waals surface area contributed by atoms with Crippen molar-refractivity contribution in [3.8, 4) is 11.5 Å². The molecule has 23 heavy (non-hydrogen) atoms. The molecule has 0 atom stereocenters. The fraction of sp³-hybridized carbons (Fsp3) is 0.300. The molecule has 0 unspecified atom stereocenters. The number of nitrogens with zero attached hydrogens (tertiary/aromatic N) is 1. The van der Waals surface area contributed by atoms with Crippen LogP contribution in [0.1, 0.15) is 25.3 Å². The molecule has 1 heterocycles. The van der Waals surface area contributed by atoms with Crippen molar-refractivity contribution in [2.75, 3.05) is 19.6 Å². The summed E-state index contributed by atoms with van der Waals surface area (Å²) < 4.78 is 18.6. The highest BCUT2D eigenvalue weighted by atomic mass is 19.1. The zero-order valence-corrected chi connectivity index (χ0v) is 13.5. The molecule has 1 aliphatic heterocycles. The third kappa shape index (κ3) is 4.42. The predicted octanol–water partition coefficient (Wildman–Crippen LogP) is 5.12. The second-order valence-electron chi connectivity index (χ2n) is 5.98. The topological polar surface area (TPSA) is 12.5 Å². The summed E-state index contributed by atoms with van der Waals surface area (Å²) in [7, 11) is 0. The number of allylic oxidation sites excluding steroid dienone is 1. The summed E-state index contributed by atoms with van der Waals surface area (Å²) in [4.78, 5) is 2.48. The van der Waals surface area contributed by atoms with Crippen LogP contribution in [-0.4, -0.2) is 24.5 Å². The lowest BCUT2D eigenvalue weighted by Gasteiger charge is -2.12. The zero-order chi connectivity index (χ0) is 16.1. The molecule has 0 saturated carbocycles. The maximum absolute atomic E-state index is 12.9. The number of likely N-dealkylation sites (tertiary alicyclic amines) is 1. The average Bonchev–Trinajstić information content (AvgIpc) is 3.09. The Morgan fingerprint density at radius 1 is 1.00 bits per heavy atom. The van der Waals surface area contributed by atoms with Gasteiger partial charge < -0.3 is 4.74 Å². The first-order valence-corrected chi connectivity index (χ1v) is 8.14. The zero-order valence-electron chi connectivity index (χ0n) is 13.5. The fourth-order valence-corrected chi connectivity index (χ4v) is 2.77. The van der Waals surface area contributed by atoms with Gasteiger partial charge in [-0.15, -0.1) is 0 Å². The van der Waals surface area contributed by atoms with Crippen molar-refractivity contribution in [3.05, 3.63) is 66.0 Å². The van der Waals surface area contributed by atoms with Crippen LogP contribution in [-0.2, 0) is 0 Å². The van der Waals surface area contributed by atoms with E-state index in [4.69, 9.17) is 4.74 Å². The monoisotopic (exact) mass is 311 g/mol. The summed E-state index contributed by atoms with van der Waals surface area (Å²) in [5.41, 5.74) is 2.49. The smallest absolute Gasteiger partial charge is 0.127 e. The van der Waals surface area contributed by atoms with Gasteiger partial charge >= 0.3 is 0 Å². The standard InChI is InChI=1S/C20H22FNO/c1-16(12-15-22-13-2-3-14-22)17-4-8-19(9-5-17)23-20-10-6-18(21)7-11-20/h4-12H,2-3,13-15H2,1H3. The Kier molecular flexibility index (Phi) is 5.09. The molecule has 2 nitrogen and oxygen atoms in total. The molecule has 2 aromatic carbocycles. The number of hydrogen-bond donors (Lipinski definition) is 0. The second-order valence-corrected chi connectivity index (χ2v) is 5.98. The Hall–Kier alpha value is -2.13. The van der Waals surface area contributed by atoms with Crippen LogP contribution < -0.4 is 4.74 Å². The van der Waals surface area contributed by atoms with Gasteiger partial charge in [-0.1, -0.05) is 18.2 Å². The largest absolute Gasteiger partial charge is 0.457 e.